The fraction of sp³-hybridized carbons (Fsp3) is 0. The third kappa shape index (κ3) is 1.32. The lowest BCUT2D eigenvalue weighted by Crippen LogP contribution is -2.05. The van der Waals surface area contributed by atoms with Crippen LogP contribution in [-0.2, 0) is 0 Å². The Morgan fingerprint density at radius 3 is 2.87 bits per heavy atom. The Labute approximate surface area is 83.2 Å². The van der Waals surface area contributed by atoms with Gasteiger partial charge in [-0.2, -0.15) is 5.26 Å². The third-order valence-corrected chi connectivity index (χ3v) is 2.06. The molecule has 0 saturated heterocycles. The van der Waals surface area contributed by atoms with Crippen LogP contribution in [0.25, 0.3) is 10.9 Å². The fourth-order valence-corrected chi connectivity index (χ4v) is 1.32. The molecule has 2 rings (SSSR count). The summed E-state index contributed by atoms with van der Waals surface area (Å²) in [7, 11) is 0. The van der Waals surface area contributed by atoms with Gasteiger partial charge in [-0.1, -0.05) is 6.07 Å². The highest BCUT2D eigenvalue weighted by Gasteiger charge is 2.09. The van der Waals surface area contributed by atoms with Gasteiger partial charge < -0.3 is 10.1 Å². The molecule has 74 valence electrons. The zero-order valence-electron chi connectivity index (χ0n) is 7.41. The maximum atomic E-state index is 13.5. The number of H-pyrrole nitrogens is 1. The number of aromatic amines is 1. The van der Waals surface area contributed by atoms with E-state index in [0.29, 0.717) is 5.39 Å². The number of nitrogens with zero attached hydrogens (tertiary/aromatic N) is 1. The minimum Gasteiger partial charge on any atom is -0.503 e. The van der Waals surface area contributed by atoms with Gasteiger partial charge in [0.15, 0.2) is 11.6 Å². The van der Waals surface area contributed by atoms with Gasteiger partial charge in [-0.3, -0.25) is 4.79 Å². The number of aromatic nitrogens is 1. The van der Waals surface area contributed by atoms with Crippen molar-refractivity contribution in [2.24, 2.45) is 0 Å². The van der Waals surface area contributed by atoms with Crippen molar-refractivity contribution in [3.63, 3.8) is 0 Å². The molecule has 0 aliphatic heterocycles. The number of pyridine rings is 1. The zero-order valence-corrected chi connectivity index (χ0v) is 7.41. The minimum absolute atomic E-state index is 0.0724. The van der Waals surface area contributed by atoms with E-state index in [0.717, 1.165) is 6.07 Å². The number of halogens is 1. The van der Waals surface area contributed by atoms with Gasteiger partial charge in [0.05, 0.1) is 11.1 Å². The van der Waals surface area contributed by atoms with Crippen LogP contribution in [0.15, 0.2) is 23.0 Å². The average molecular weight is 204 g/mol. The lowest BCUT2D eigenvalue weighted by molar-refractivity contribution is 0.468. The first-order valence-electron chi connectivity index (χ1n) is 4.08. The first-order chi connectivity index (χ1) is 7.13. The van der Waals surface area contributed by atoms with E-state index in [4.69, 9.17) is 10.4 Å². The molecule has 0 bridgehead atoms. The van der Waals surface area contributed by atoms with Crippen molar-refractivity contribution in [1.29, 1.82) is 5.26 Å². The highest BCUT2D eigenvalue weighted by Crippen LogP contribution is 2.19. The lowest BCUT2D eigenvalue weighted by Gasteiger charge is -2.01. The number of benzene rings is 1. The number of nitrogens with one attached hydrogen (secondary N) is 1. The van der Waals surface area contributed by atoms with Crippen LogP contribution in [-0.4, -0.2) is 10.1 Å². The van der Waals surface area contributed by atoms with E-state index in [1.807, 2.05) is 0 Å². The minimum atomic E-state index is -0.785. The van der Waals surface area contributed by atoms with Crippen LogP contribution in [0.5, 0.6) is 5.75 Å². The predicted octanol–water partition coefficient (Wildman–Crippen LogP) is 1.24. The molecule has 4 nitrogen and oxygen atoms in total. The quantitative estimate of drug-likeness (QED) is 0.677. The fourth-order valence-electron chi connectivity index (χ4n) is 1.32. The molecule has 0 amide bonds. The van der Waals surface area contributed by atoms with Gasteiger partial charge >= 0.3 is 0 Å². The second kappa shape index (κ2) is 3.10. The van der Waals surface area contributed by atoms with Crippen LogP contribution in [0, 0.1) is 17.1 Å². The Morgan fingerprint density at radius 1 is 1.47 bits per heavy atom. The predicted molar refractivity (Wildman–Crippen MR) is 50.9 cm³/mol. The number of nitriles is 1. The first-order valence-corrected chi connectivity index (χ1v) is 4.08. The molecule has 0 aliphatic carbocycles. The second-order valence-electron chi connectivity index (χ2n) is 2.99. The molecule has 1 aromatic heterocycles. The molecule has 0 fully saturated rings. The van der Waals surface area contributed by atoms with Gasteiger partial charge in [-0.15, -0.1) is 0 Å². The van der Waals surface area contributed by atoms with Gasteiger partial charge in [-0.25, -0.2) is 4.39 Å². The molecule has 1 heterocycles. The number of hydrogen-bond donors (Lipinski definition) is 2. The largest absolute Gasteiger partial charge is 0.503 e. The number of hydrogen-bond acceptors (Lipinski definition) is 3. The van der Waals surface area contributed by atoms with Crippen molar-refractivity contribution in [2.75, 3.05) is 0 Å². The molecule has 1 aromatic carbocycles. The van der Waals surface area contributed by atoms with E-state index in [9.17, 15) is 9.18 Å². The summed E-state index contributed by atoms with van der Waals surface area (Å²) in [6, 6.07) is 5.55. The van der Waals surface area contributed by atoms with E-state index in [-0.39, 0.29) is 11.1 Å². The van der Waals surface area contributed by atoms with Crippen LogP contribution in [0.4, 0.5) is 4.39 Å². The van der Waals surface area contributed by atoms with Crippen LogP contribution in [0.2, 0.25) is 0 Å². The molecule has 0 unspecified atom stereocenters. The Hall–Kier alpha value is -2.35. The summed E-state index contributed by atoms with van der Waals surface area (Å²) in [5, 5.41) is 18.0. The molecule has 5 heteroatoms. The molecule has 0 spiro atoms. The molecular formula is C10H5FN2O2. The number of rotatable bonds is 0. The average Bonchev–Trinajstić information content (AvgIpc) is 2.22. The highest BCUT2D eigenvalue weighted by atomic mass is 19.1. The second-order valence-corrected chi connectivity index (χ2v) is 2.99. The van der Waals surface area contributed by atoms with E-state index in [1.54, 1.807) is 6.07 Å². The maximum absolute atomic E-state index is 13.5. The van der Waals surface area contributed by atoms with Crippen molar-refractivity contribution >= 4 is 10.9 Å². The standard InChI is InChI=1S/C10H5FN2O2/c11-8-6(4-12)2-1-5-3-7(14)10(15)13-9(5)8/h1-3,14H,(H,13,15). The Kier molecular flexibility index (Phi) is 1.90. The van der Waals surface area contributed by atoms with E-state index in [2.05, 4.69) is 4.98 Å². The van der Waals surface area contributed by atoms with Crippen molar-refractivity contribution in [3.8, 4) is 11.8 Å². The van der Waals surface area contributed by atoms with Gasteiger partial charge in [-0.05, 0) is 12.1 Å². The maximum Gasteiger partial charge on any atom is 0.290 e. The van der Waals surface area contributed by atoms with E-state index < -0.39 is 17.1 Å². The van der Waals surface area contributed by atoms with Gasteiger partial charge in [0.25, 0.3) is 5.56 Å². The Balaban J connectivity index is 2.95. The van der Waals surface area contributed by atoms with Crippen molar-refractivity contribution < 1.29 is 9.50 Å². The summed E-state index contributed by atoms with van der Waals surface area (Å²) in [5.74, 6) is -1.27. The van der Waals surface area contributed by atoms with Crippen LogP contribution >= 0.6 is 0 Å². The molecule has 0 aliphatic rings. The molecule has 0 atom stereocenters. The Morgan fingerprint density at radius 2 is 2.20 bits per heavy atom. The van der Waals surface area contributed by atoms with Crippen molar-refractivity contribution in [3.05, 3.63) is 39.9 Å². The number of fused-ring (bicyclic) bond motifs is 1. The molecule has 2 N–H and O–H groups in total. The monoisotopic (exact) mass is 204 g/mol. The summed E-state index contributed by atoms with van der Waals surface area (Å²) in [6.07, 6.45) is 0. The highest BCUT2D eigenvalue weighted by molar-refractivity contribution is 5.81. The van der Waals surface area contributed by atoms with Crippen molar-refractivity contribution in [2.45, 2.75) is 0 Å². The van der Waals surface area contributed by atoms with Gasteiger partial charge in [0.1, 0.15) is 6.07 Å². The first kappa shape index (κ1) is 9.21. The summed E-state index contributed by atoms with van der Waals surface area (Å²) in [4.78, 5) is 13.2. The van der Waals surface area contributed by atoms with Crippen LogP contribution < -0.4 is 5.56 Å². The smallest absolute Gasteiger partial charge is 0.290 e. The third-order valence-electron chi connectivity index (χ3n) is 2.06. The molecular weight excluding hydrogens is 199 g/mol. The molecule has 2 aromatic rings. The summed E-state index contributed by atoms with van der Waals surface area (Å²) in [5.41, 5.74) is -1.00. The van der Waals surface area contributed by atoms with Crippen LogP contribution in [0.3, 0.4) is 0 Å². The normalized spacial score (nSPS) is 10.1. The molecule has 0 saturated carbocycles. The summed E-state index contributed by atoms with van der Waals surface area (Å²) < 4.78 is 13.5. The van der Waals surface area contributed by atoms with Crippen molar-refractivity contribution in [1.82, 2.24) is 4.98 Å². The molecule has 0 radical (unpaired) electrons. The van der Waals surface area contributed by atoms with Crippen LogP contribution in [0.1, 0.15) is 5.56 Å². The summed E-state index contributed by atoms with van der Waals surface area (Å²) in [6.45, 7) is 0. The Bertz CT molecular complexity index is 640. The van der Waals surface area contributed by atoms with Gasteiger partial charge in [0.2, 0.25) is 0 Å². The zero-order chi connectivity index (χ0) is 11.0. The van der Waals surface area contributed by atoms with Gasteiger partial charge in [0, 0.05) is 5.39 Å². The summed E-state index contributed by atoms with van der Waals surface area (Å²) >= 11 is 0. The molecule has 15 heavy (non-hydrogen) atoms. The van der Waals surface area contributed by atoms with E-state index >= 15 is 0 Å². The van der Waals surface area contributed by atoms with E-state index in [1.165, 1.54) is 12.1 Å². The topological polar surface area (TPSA) is 76.9 Å². The number of aromatic hydroxyl groups is 1. The SMILES string of the molecule is N#Cc1ccc2cc(O)c(=O)[nH]c2c1F. The lowest BCUT2D eigenvalue weighted by atomic mass is 10.1.